The molecule has 0 atom stereocenters. The summed E-state index contributed by atoms with van der Waals surface area (Å²) >= 11 is 0. The Labute approximate surface area is 160 Å². The first-order valence-electron chi connectivity index (χ1n) is 8.53. The first-order valence-corrected chi connectivity index (χ1v) is 8.53. The number of rotatable bonds is 6. The molecule has 3 aromatic rings. The summed E-state index contributed by atoms with van der Waals surface area (Å²) in [7, 11) is 0. The lowest BCUT2D eigenvalue weighted by molar-refractivity contribution is 0.102. The molecule has 3 aromatic carbocycles. The average molecular weight is 384 g/mol. The molecule has 0 aliphatic heterocycles. The maximum absolute atomic E-state index is 13.8. The molecule has 4 nitrogen and oxygen atoms in total. The smallest absolute Gasteiger partial charge is 0.168 e. The van der Waals surface area contributed by atoms with Crippen LogP contribution in [-0.4, -0.2) is 16.5 Å². The van der Waals surface area contributed by atoms with E-state index in [2.05, 4.69) is 0 Å². The van der Waals surface area contributed by atoms with E-state index in [0.717, 1.165) is 0 Å². The number of halogens is 2. The van der Waals surface area contributed by atoms with E-state index >= 15 is 0 Å². The van der Waals surface area contributed by atoms with Crippen molar-refractivity contribution in [1.82, 2.24) is 0 Å². The minimum absolute atomic E-state index is 0.0471. The zero-order chi connectivity index (χ0) is 20.3. The van der Waals surface area contributed by atoms with E-state index in [9.17, 15) is 23.8 Å². The quantitative estimate of drug-likeness (QED) is 0.470. The van der Waals surface area contributed by atoms with Crippen LogP contribution in [-0.2, 0) is 18.0 Å². The number of carbonyl (C=O) groups is 1. The van der Waals surface area contributed by atoms with Crippen LogP contribution in [0.2, 0.25) is 0 Å². The minimum Gasteiger partial charge on any atom is -0.504 e. The van der Waals surface area contributed by atoms with Gasteiger partial charge >= 0.3 is 0 Å². The lowest BCUT2D eigenvalue weighted by atomic mass is 9.90. The van der Waals surface area contributed by atoms with Crippen molar-refractivity contribution < 1.29 is 28.5 Å². The van der Waals surface area contributed by atoms with Crippen molar-refractivity contribution in [2.24, 2.45) is 0 Å². The van der Waals surface area contributed by atoms with Gasteiger partial charge in [0.25, 0.3) is 0 Å². The van der Waals surface area contributed by atoms with E-state index in [-0.39, 0.29) is 18.8 Å². The predicted molar refractivity (Wildman–Crippen MR) is 100 cm³/mol. The van der Waals surface area contributed by atoms with Gasteiger partial charge in [-0.2, -0.15) is 0 Å². The second-order valence-electron chi connectivity index (χ2n) is 6.30. The molecular weight excluding hydrogens is 366 g/mol. The van der Waals surface area contributed by atoms with Crippen molar-refractivity contribution in [2.45, 2.75) is 20.1 Å². The van der Waals surface area contributed by atoms with Crippen LogP contribution in [0.1, 0.15) is 27.0 Å². The fourth-order valence-electron chi connectivity index (χ4n) is 3.09. The second kappa shape index (κ2) is 8.19. The van der Waals surface area contributed by atoms with Crippen LogP contribution in [0, 0.1) is 18.6 Å². The van der Waals surface area contributed by atoms with Gasteiger partial charge in [0.15, 0.2) is 17.8 Å². The second-order valence-corrected chi connectivity index (χ2v) is 6.30. The van der Waals surface area contributed by atoms with Gasteiger partial charge in [-0.1, -0.05) is 30.3 Å². The Balaban J connectivity index is 2.03. The van der Waals surface area contributed by atoms with E-state index < -0.39 is 23.1 Å². The minimum atomic E-state index is -0.553. The number of benzene rings is 3. The van der Waals surface area contributed by atoms with Crippen molar-refractivity contribution in [2.75, 3.05) is 0 Å². The molecule has 0 aliphatic rings. The van der Waals surface area contributed by atoms with Crippen LogP contribution < -0.4 is 0 Å². The Hall–Kier alpha value is -3.25. The molecule has 0 heterocycles. The van der Waals surface area contributed by atoms with Crippen LogP contribution in [0.15, 0.2) is 48.5 Å². The highest BCUT2D eigenvalue weighted by atomic mass is 19.1. The van der Waals surface area contributed by atoms with Gasteiger partial charge in [-0.05, 0) is 36.2 Å². The van der Waals surface area contributed by atoms with Gasteiger partial charge in [0.05, 0.1) is 18.8 Å². The number of hydrogen-bond donors (Lipinski definition) is 2. The van der Waals surface area contributed by atoms with Gasteiger partial charge in [-0.25, -0.2) is 8.78 Å². The lowest BCUT2D eigenvalue weighted by Gasteiger charge is -2.18. The summed E-state index contributed by atoms with van der Waals surface area (Å²) in [5, 5.41) is 20.4. The van der Waals surface area contributed by atoms with Crippen LogP contribution >= 0.6 is 0 Å². The van der Waals surface area contributed by atoms with Crippen LogP contribution in [0.4, 0.5) is 8.78 Å². The largest absolute Gasteiger partial charge is 0.504 e. The first kappa shape index (κ1) is 19.5. The van der Waals surface area contributed by atoms with Crippen molar-refractivity contribution in [1.29, 1.82) is 0 Å². The molecule has 0 bridgehead atoms. The Morgan fingerprint density at radius 2 is 1.64 bits per heavy atom. The molecule has 0 spiro atoms. The number of phenols is 2. The highest BCUT2D eigenvalue weighted by molar-refractivity contribution is 5.90. The molecule has 0 radical (unpaired) electrons. The molecule has 2 N–H and O–H groups in total. The normalized spacial score (nSPS) is 10.8. The van der Waals surface area contributed by atoms with Crippen LogP contribution in [0.3, 0.4) is 0 Å². The van der Waals surface area contributed by atoms with Gasteiger partial charge in [-0.15, -0.1) is 0 Å². The SMILES string of the molecule is Cc1c(O)c(O)c(C=O)c(COCc2ccccc2F)c1-c1ccc(F)cc1. The maximum atomic E-state index is 13.8. The van der Waals surface area contributed by atoms with Gasteiger partial charge < -0.3 is 14.9 Å². The summed E-state index contributed by atoms with van der Waals surface area (Å²) in [5.74, 6) is -1.83. The zero-order valence-electron chi connectivity index (χ0n) is 15.1. The van der Waals surface area contributed by atoms with Crippen molar-refractivity contribution in [3.8, 4) is 22.6 Å². The topological polar surface area (TPSA) is 66.8 Å². The molecule has 0 unspecified atom stereocenters. The Morgan fingerprint density at radius 1 is 0.964 bits per heavy atom. The van der Waals surface area contributed by atoms with Gasteiger partial charge in [0.2, 0.25) is 0 Å². The summed E-state index contributed by atoms with van der Waals surface area (Å²) in [6, 6.07) is 11.7. The van der Waals surface area contributed by atoms with Crippen LogP contribution in [0.25, 0.3) is 11.1 Å². The third-order valence-electron chi connectivity index (χ3n) is 4.55. The standard InChI is InChI=1S/C22H18F2O4/c1-13-20(14-6-8-16(23)9-7-14)18(17(10-25)22(27)21(13)26)12-28-11-15-4-2-3-5-19(15)24/h2-10,26-27H,11-12H2,1H3. The molecule has 6 heteroatoms. The van der Waals surface area contributed by atoms with E-state index in [1.165, 1.54) is 30.3 Å². The highest BCUT2D eigenvalue weighted by Gasteiger charge is 2.22. The molecule has 144 valence electrons. The number of hydrogen-bond acceptors (Lipinski definition) is 4. The van der Waals surface area contributed by atoms with Gasteiger partial charge in [0.1, 0.15) is 11.6 Å². The molecule has 0 aromatic heterocycles. The fourth-order valence-corrected chi connectivity index (χ4v) is 3.09. The summed E-state index contributed by atoms with van der Waals surface area (Å²) in [5.41, 5.74) is 1.85. The first-order chi connectivity index (χ1) is 13.4. The molecule has 0 saturated carbocycles. The summed E-state index contributed by atoms with van der Waals surface area (Å²) in [6.45, 7) is 1.40. The Kier molecular flexibility index (Phi) is 5.70. The number of ether oxygens (including phenoxy) is 1. The molecule has 28 heavy (non-hydrogen) atoms. The number of phenolic OH excluding ortho intramolecular Hbond substituents is 2. The molecule has 0 saturated heterocycles. The van der Waals surface area contributed by atoms with Crippen molar-refractivity contribution >= 4 is 6.29 Å². The Morgan fingerprint density at radius 3 is 2.29 bits per heavy atom. The van der Waals surface area contributed by atoms with Crippen LogP contribution in [0.5, 0.6) is 11.5 Å². The summed E-state index contributed by atoms with van der Waals surface area (Å²) < 4.78 is 32.7. The molecule has 0 fully saturated rings. The monoisotopic (exact) mass is 384 g/mol. The molecule has 0 aliphatic carbocycles. The average Bonchev–Trinajstić information content (AvgIpc) is 2.69. The molecule has 0 amide bonds. The van der Waals surface area contributed by atoms with E-state index in [4.69, 9.17) is 4.74 Å². The fraction of sp³-hybridized carbons (Fsp3) is 0.136. The van der Waals surface area contributed by atoms with E-state index in [0.29, 0.717) is 34.1 Å². The molecular formula is C22H18F2O4. The number of aldehydes is 1. The molecule has 3 rings (SSSR count). The predicted octanol–water partition coefficient (Wildman–Crippen LogP) is 4.88. The Bertz CT molecular complexity index is 1010. The number of aromatic hydroxyl groups is 2. The summed E-state index contributed by atoms with van der Waals surface area (Å²) in [4.78, 5) is 11.6. The van der Waals surface area contributed by atoms with Gasteiger partial charge in [0, 0.05) is 16.7 Å². The summed E-state index contributed by atoms with van der Waals surface area (Å²) in [6.07, 6.45) is 0.420. The highest BCUT2D eigenvalue weighted by Crippen LogP contribution is 2.42. The third kappa shape index (κ3) is 3.73. The maximum Gasteiger partial charge on any atom is 0.168 e. The van der Waals surface area contributed by atoms with E-state index in [1.807, 2.05) is 0 Å². The van der Waals surface area contributed by atoms with Gasteiger partial charge in [-0.3, -0.25) is 4.79 Å². The van der Waals surface area contributed by atoms with Crippen molar-refractivity contribution in [3.05, 3.63) is 82.4 Å². The number of carbonyl (C=O) groups excluding carboxylic acids is 1. The van der Waals surface area contributed by atoms with E-state index in [1.54, 1.807) is 25.1 Å². The lowest BCUT2D eigenvalue weighted by Crippen LogP contribution is -2.04. The van der Waals surface area contributed by atoms with Crippen molar-refractivity contribution in [3.63, 3.8) is 0 Å². The third-order valence-corrected chi connectivity index (χ3v) is 4.55. The zero-order valence-corrected chi connectivity index (χ0v) is 15.1.